The Kier molecular flexibility index (Phi) is 3.82. The standard InChI is InChI=1S/C18H16ClNO/c1-12-10-13(11-20)6-8-17(12)21-18-9-7-16(19)14-4-2-3-5-15(14)18/h2-10H,11,20H2,1H3. The van der Waals surface area contributed by atoms with Crippen molar-refractivity contribution < 1.29 is 4.74 Å². The molecule has 0 spiro atoms. The third kappa shape index (κ3) is 2.73. The number of rotatable bonds is 3. The first-order valence-corrected chi connectivity index (χ1v) is 7.21. The fourth-order valence-corrected chi connectivity index (χ4v) is 2.62. The summed E-state index contributed by atoms with van der Waals surface area (Å²) in [5.41, 5.74) is 7.82. The number of aryl methyl sites for hydroxylation is 1. The number of halogens is 1. The predicted molar refractivity (Wildman–Crippen MR) is 88.1 cm³/mol. The minimum atomic E-state index is 0.533. The molecule has 0 bridgehead atoms. The monoisotopic (exact) mass is 297 g/mol. The molecule has 0 radical (unpaired) electrons. The van der Waals surface area contributed by atoms with Gasteiger partial charge in [-0.2, -0.15) is 0 Å². The van der Waals surface area contributed by atoms with Crippen LogP contribution in [0.3, 0.4) is 0 Å². The predicted octanol–water partition coefficient (Wildman–Crippen LogP) is 5.05. The Bertz CT molecular complexity index is 798. The van der Waals surface area contributed by atoms with Crippen LogP contribution in [-0.4, -0.2) is 0 Å². The lowest BCUT2D eigenvalue weighted by atomic mass is 10.1. The molecule has 0 atom stereocenters. The summed E-state index contributed by atoms with van der Waals surface area (Å²) in [5, 5.41) is 2.73. The molecule has 0 heterocycles. The summed E-state index contributed by atoms with van der Waals surface area (Å²) in [6.07, 6.45) is 0. The Morgan fingerprint density at radius 3 is 2.38 bits per heavy atom. The highest BCUT2D eigenvalue weighted by atomic mass is 35.5. The smallest absolute Gasteiger partial charge is 0.135 e. The third-order valence-electron chi connectivity index (χ3n) is 3.53. The molecule has 0 saturated carbocycles. The SMILES string of the molecule is Cc1cc(CN)ccc1Oc1ccc(Cl)c2ccccc12. The van der Waals surface area contributed by atoms with Crippen LogP contribution in [0.2, 0.25) is 5.02 Å². The van der Waals surface area contributed by atoms with Gasteiger partial charge in [-0.15, -0.1) is 0 Å². The third-order valence-corrected chi connectivity index (χ3v) is 3.86. The van der Waals surface area contributed by atoms with Crippen molar-refractivity contribution in [1.82, 2.24) is 0 Å². The van der Waals surface area contributed by atoms with Crippen molar-refractivity contribution in [1.29, 1.82) is 0 Å². The van der Waals surface area contributed by atoms with Crippen LogP contribution >= 0.6 is 11.6 Å². The van der Waals surface area contributed by atoms with Crippen molar-refractivity contribution in [3.05, 3.63) is 70.7 Å². The zero-order valence-corrected chi connectivity index (χ0v) is 12.5. The van der Waals surface area contributed by atoms with E-state index in [1.807, 2.05) is 61.5 Å². The topological polar surface area (TPSA) is 35.2 Å². The normalized spacial score (nSPS) is 10.8. The Hall–Kier alpha value is -2.03. The number of hydrogen-bond donors (Lipinski definition) is 1. The van der Waals surface area contributed by atoms with E-state index in [0.29, 0.717) is 6.54 Å². The molecule has 0 aliphatic heterocycles. The molecule has 3 heteroatoms. The molecule has 0 aliphatic carbocycles. The summed E-state index contributed by atoms with van der Waals surface area (Å²) in [6, 6.07) is 17.7. The van der Waals surface area contributed by atoms with Crippen LogP contribution < -0.4 is 10.5 Å². The van der Waals surface area contributed by atoms with E-state index >= 15 is 0 Å². The van der Waals surface area contributed by atoms with Gasteiger partial charge in [0.1, 0.15) is 11.5 Å². The van der Waals surface area contributed by atoms with E-state index in [1.165, 1.54) is 0 Å². The van der Waals surface area contributed by atoms with Crippen molar-refractivity contribution in [2.45, 2.75) is 13.5 Å². The average Bonchev–Trinajstić information content (AvgIpc) is 2.52. The van der Waals surface area contributed by atoms with Gasteiger partial charge in [0.05, 0.1) is 0 Å². The number of ether oxygens (including phenoxy) is 1. The molecule has 3 aromatic rings. The fourth-order valence-electron chi connectivity index (χ4n) is 2.40. The van der Waals surface area contributed by atoms with Gasteiger partial charge in [0.25, 0.3) is 0 Å². The second kappa shape index (κ2) is 5.76. The Balaban J connectivity index is 2.04. The molecule has 0 fully saturated rings. The number of nitrogens with two attached hydrogens (primary N) is 1. The van der Waals surface area contributed by atoms with Gasteiger partial charge in [0.2, 0.25) is 0 Å². The van der Waals surface area contributed by atoms with Crippen LogP contribution in [0.25, 0.3) is 10.8 Å². The number of fused-ring (bicyclic) bond motifs is 1. The highest BCUT2D eigenvalue weighted by molar-refractivity contribution is 6.35. The van der Waals surface area contributed by atoms with Crippen molar-refractivity contribution in [2.24, 2.45) is 5.73 Å². The summed E-state index contributed by atoms with van der Waals surface area (Å²) < 4.78 is 6.08. The molecule has 3 aromatic carbocycles. The van der Waals surface area contributed by atoms with Gasteiger partial charge in [0.15, 0.2) is 0 Å². The van der Waals surface area contributed by atoms with E-state index in [2.05, 4.69) is 0 Å². The highest BCUT2D eigenvalue weighted by Crippen LogP contribution is 2.35. The molecule has 2 nitrogen and oxygen atoms in total. The fraction of sp³-hybridized carbons (Fsp3) is 0.111. The van der Waals surface area contributed by atoms with E-state index in [-0.39, 0.29) is 0 Å². The largest absolute Gasteiger partial charge is 0.456 e. The summed E-state index contributed by atoms with van der Waals surface area (Å²) in [7, 11) is 0. The lowest BCUT2D eigenvalue weighted by molar-refractivity contribution is 0.484. The molecule has 3 rings (SSSR count). The van der Waals surface area contributed by atoms with E-state index in [9.17, 15) is 0 Å². The maximum Gasteiger partial charge on any atom is 0.135 e. The molecule has 0 saturated heterocycles. The first-order chi connectivity index (χ1) is 10.2. The Morgan fingerprint density at radius 1 is 0.952 bits per heavy atom. The van der Waals surface area contributed by atoms with Crippen LogP contribution in [0.1, 0.15) is 11.1 Å². The zero-order chi connectivity index (χ0) is 14.8. The van der Waals surface area contributed by atoms with E-state index in [1.54, 1.807) is 0 Å². The minimum absolute atomic E-state index is 0.533. The molecule has 21 heavy (non-hydrogen) atoms. The first-order valence-electron chi connectivity index (χ1n) is 6.84. The van der Waals surface area contributed by atoms with Crippen LogP contribution in [0.15, 0.2) is 54.6 Å². The van der Waals surface area contributed by atoms with Crippen LogP contribution in [0.5, 0.6) is 11.5 Å². The van der Waals surface area contributed by atoms with Crippen LogP contribution in [0, 0.1) is 6.92 Å². The summed E-state index contributed by atoms with van der Waals surface area (Å²) in [5.74, 6) is 1.64. The Labute approximate surface area is 129 Å². The molecule has 0 aromatic heterocycles. The van der Waals surface area contributed by atoms with Gasteiger partial charge < -0.3 is 10.5 Å². The van der Waals surface area contributed by atoms with Gasteiger partial charge >= 0.3 is 0 Å². The number of benzene rings is 3. The van der Waals surface area contributed by atoms with Gasteiger partial charge in [0, 0.05) is 22.3 Å². The second-order valence-corrected chi connectivity index (χ2v) is 5.40. The van der Waals surface area contributed by atoms with E-state index < -0.39 is 0 Å². The second-order valence-electron chi connectivity index (χ2n) is 5.00. The number of hydrogen-bond acceptors (Lipinski definition) is 2. The van der Waals surface area contributed by atoms with Gasteiger partial charge in [-0.1, -0.05) is 48.0 Å². The lowest BCUT2D eigenvalue weighted by Crippen LogP contribution is -1.97. The van der Waals surface area contributed by atoms with Crippen molar-refractivity contribution in [3.63, 3.8) is 0 Å². The molecular formula is C18H16ClNO. The van der Waals surface area contributed by atoms with Crippen molar-refractivity contribution in [2.75, 3.05) is 0 Å². The maximum atomic E-state index is 6.23. The van der Waals surface area contributed by atoms with Gasteiger partial charge in [-0.05, 0) is 36.2 Å². The zero-order valence-electron chi connectivity index (χ0n) is 11.8. The van der Waals surface area contributed by atoms with Gasteiger partial charge in [-0.3, -0.25) is 0 Å². The molecule has 0 aliphatic rings. The van der Waals surface area contributed by atoms with E-state index in [4.69, 9.17) is 22.1 Å². The highest BCUT2D eigenvalue weighted by Gasteiger charge is 2.08. The Morgan fingerprint density at radius 2 is 1.67 bits per heavy atom. The average molecular weight is 298 g/mol. The molecule has 2 N–H and O–H groups in total. The minimum Gasteiger partial charge on any atom is -0.456 e. The molecule has 0 unspecified atom stereocenters. The van der Waals surface area contributed by atoms with Crippen molar-refractivity contribution >= 4 is 22.4 Å². The lowest BCUT2D eigenvalue weighted by Gasteiger charge is -2.12. The quantitative estimate of drug-likeness (QED) is 0.734. The van der Waals surface area contributed by atoms with E-state index in [0.717, 1.165) is 38.4 Å². The molecular weight excluding hydrogens is 282 g/mol. The summed E-state index contributed by atoms with van der Waals surface area (Å²) in [6.45, 7) is 2.55. The maximum absolute atomic E-state index is 6.23. The van der Waals surface area contributed by atoms with Crippen LogP contribution in [0.4, 0.5) is 0 Å². The molecule has 0 amide bonds. The van der Waals surface area contributed by atoms with Crippen molar-refractivity contribution in [3.8, 4) is 11.5 Å². The van der Waals surface area contributed by atoms with Gasteiger partial charge in [-0.25, -0.2) is 0 Å². The van der Waals surface area contributed by atoms with Crippen LogP contribution in [-0.2, 0) is 6.54 Å². The molecule has 106 valence electrons. The summed E-state index contributed by atoms with van der Waals surface area (Å²) in [4.78, 5) is 0. The first kappa shape index (κ1) is 13.9. The summed E-state index contributed by atoms with van der Waals surface area (Å²) >= 11 is 6.23.